The van der Waals surface area contributed by atoms with Gasteiger partial charge in [0.25, 0.3) is 11.3 Å². The van der Waals surface area contributed by atoms with Crippen molar-refractivity contribution >= 4 is 22.7 Å². The summed E-state index contributed by atoms with van der Waals surface area (Å²) in [6.45, 7) is 3.28. The molecule has 0 spiro atoms. The Hall–Kier alpha value is -3.20. The quantitative estimate of drug-likeness (QED) is 0.211. The van der Waals surface area contributed by atoms with E-state index in [1.54, 1.807) is 19.9 Å². The molecule has 3 aromatic rings. The number of fused-ring (bicyclic) bond motifs is 1. The average Bonchev–Trinajstić information content (AvgIpc) is 2.74. The van der Waals surface area contributed by atoms with Crippen molar-refractivity contribution in [2.75, 3.05) is 5.75 Å². The van der Waals surface area contributed by atoms with Gasteiger partial charge in [-0.25, -0.2) is 4.98 Å². The zero-order valence-corrected chi connectivity index (χ0v) is 19.1. The first kappa shape index (κ1) is 25.4. The van der Waals surface area contributed by atoms with Crippen molar-refractivity contribution < 1.29 is 26.7 Å². The van der Waals surface area contributed by atoms with E-state index in [0.717, 1.165) is 12.3 Å². The molecule has 0 aromatic carbocycles. The molecule has 34 heavy (non-hydrogen) atoms. The molecule has 3 aromatic heterocycles. The summed E-state index contributed by atoms with van der Waals surface area (Å²) < 4.78 is 66.3. The van der Waals surface area contributed by atoms with Gasteiger partial charge in [0.15, 0.2) is 6.20 Å². The Morgan fingerprint density at radius 3 is 2.47 bits per heavy atom. The summed E-state index contributed by atoms with van der Waals surface area (Å²) in [4.78, 5) is 16.7. The molecule has 3 heterocycles. The molecule has 0 fully saturated rings. The standard InChI is InChI=1S/C22H19F5N4O2S/c1-4-34-17-8-14(20(2,3)11-28)10-31(33)19(17)15-7-13-5-6-18(32)30(16(13)9-29-15)12-21(23,24)22(25,26)27/h5-10H,4,12H2,1-3H3. The van der Waals surface area contributed by atoms with Gasteiger partial charge in [-0.3, -0.25) is 4.79 Å². The second-order valence-corrected chi connectivity index (χ2v) is 9.33. The Morgan fingerprint density at radius 2 is 1.88 bits per heavy atom. The monoisotopic (exact) mass is 498 g/mol. The fraction of sp³-hybridized carbons (Fsp3) is 0.364. The van der Waals surface area contributed by atoms with Gasteiger partial charge in [-0.1, -0.05) is 6.92 Å². The smallest absolute Gasteiger partial charge is 0.455 e. The third-order valence-corrected chi connectivity index (χ3v) is 6.10. The molecule has 0 radical (unpaired) electrons. The van der Waals surface area contributed by atoms with Crippen LogP contribution < -0.4 is 10.3 Å². The van der Waals surface area contributed by atoms with E-state index in [4.69, 9.17) is 0 Å². The number of rotatable bonds is 6. The predicted octanol–water partition coefficient (Wildman–Crippen LogP) is 4.81. The second-order valence-electron chi connectivity index (χ2n) is 8.03. The minimum absolute atomic E-state index is 0.129. The molecule has 0 atom stereocenters. The van der Waals surface area contributed by atoms with Crippen LogP contribution in [0.25, 0.3) is 22.3 Å². The van der Waals surface area contributed by atoms with Gasteiger partial charge in [0.05, 0.1) is 34.6 Å². The summed E-state index contributed by atoms with van der Waals surface area (Å²) in [6, 6.07) is 7.31. The number of alkyl halides is 5. The number of hydrogen-bond donors (Lipinski definition) is 0. The summed E-state index contributed by atoms with van der Waals surface area (Å²) in [5.41, 5.74) is -1.48. The Bertz CT molecular complexity index is 1350. The molecular formula is C22H19F5N4O2S. The van der Waals surface area contributed by atoms with Crippen molar-refractivity contribution in [3.05, 3.63) is 57.8 Å². The molecule has 3 rings (SSSR count). The molecule has 0 saturated carbocycles. The highest BCUT2D eigenvalue weighted by molar-refractivity contribution is 7.99. The van der Waals surface area contributed by atoms with E-state index < -0.39 is 29.6 Å². The van der Waals surface area contributed by atoms with Crippen molar-refractivity contribution in [1.82, 2.24) is 9.55 Å². The van der Waals surface area contributed by atoms with Crippen LogP contribution in [-0.4, -0.2) is 27.4 Å². The Labute approximate surface area is 195 Å². The zero-order valence-electron chi connectivity index (χ0n) is 18.3. The van der Waals surface area contributed by atoms with E-state index in [2.05, 4.69) is 11.1 Å². The molecule has 0 bridgehead atoms. The maximum absolute atomic E-state index is 13.6. The van der Waals surface area contributed by atoms with E-state index in [0.29, 0.717) is 25.5 Å². The summed E-state index contributed by atoms with van der Waals surface area (Å²) in [5.74, 6) is -4.54. The molecule has 0 aliphatic heterocycles. The highest BCUT2D eigenvalue weighted by atomic mass is 32.2. The first-order valence-corrected chi connectivity index (χ1v) is 11.0. The summed E-state index contributed by atoms with van der Waals surface area (Å²) >= 11 is 1.32. The van der Waals surface area contributed by atoms with Gasteiger partial charge in [-0.05, 0) is 37.8 Å². The fourth-order valence-corrected chi connectivity index (χ4v) is 4.08. The van der Waals surface area contributed by atoms with Crippen molar-refractivity contribution in [2.24, 2.45) is 0 Å². The van der Waals surface area contributed by atoms with Crippen molar-refractivity contribution in [3.8, 4) is 17.5 Å². The number of pyridine rings is 3. The zero-order chi connectivity index (χ0) is 25.5. The molecule has 12 heteroatoms. The van der Waals surface area contributed by atoms with Crippen molar-refractivity contribution in [3.63, 3.8) is 0 Å². The van der Waals surface area contributed by atoms with Gasteiger partial charge in [-0.15, -0.1) is 11.8 Å². The van der Waals surface area contributed by atoms with Crippen molar-refractivity contribution in [1.29, 1.82) is 5.26 Å². The lowest BCUT2D eigenvalue weighted by Crippen LogP contribution is -2.42. The van der Waals surface area contributed by atoms with Crippen LogP contribution in [0.4, 0.5) is 22.0 Å². The molecule has 6 nitrogen and oxygen atoms in total. The SMILES string of the molecule is CCSc1cc(C(C)(C)C#N)c[n+]([O-])c1-c1cc2ccc(=O)n(CC(F)(F)C(F)(F)F)c2cn1. The number of thioether (sulfide) groups is 1. The fourth-order valence-electron chi connectivity index (χ4n) is 3.23. The molecule has 0 saturated heterocycles. The van der Waals surface area contributed by atoms with Crippen LogP contribution in [0.2, 0.25) is 0 Å². The van der Waals surface area contributed by atoms with Gasteiger partial charge in [-0.2, -0.15) is 31.9 Å². The minimum Gasteiger partial charge on any atom is -0.618 e. The lowest BCUT2D eigenvalue weighted by atomic mass is 9.87. The van der Waals surface area contributed by atoms with Crippen LogP contribution in [0.3, 0.4) is 0 Å². The predicted molar refractivity (Wildman–Crippen MR) is 116 cm³/mol. The number of nitriles is 1. The van der Waals surface area contributed by atoms with Crippen LogP contribution in [0.1, 0.15) is 26.3 Å². The van der Waals surface area contributed by atoms with Crippen LogP contribution in [0.15, 0.2) is 46.3 Å². The topological polar surface area (TPSA) is 85.6 Å². The molecule has 0 amide bonds. The number of halogens is 5. The molecule has 0 aliphatic rings. The summed E-state index contributed by atoms with van der Waals surface area (Å²) in [7, 11) is 0. The van der Waals surface area contributed by atoms with Crippen LogP contribution in [-0.2, 0) is 12.0 Å². The first-order chi connectivity index (χ1) is 15.7. The van der Waals surface area contributed by atoms with E-state index in [1.165, 1.54) is 30.1 Å². The molecule has 180 valence electrons. The maximum atomic E-state index is 13.6. The summed E-state index contributed by atoms with van der Waals surface area (Å²) in [6.07, 6.45) is -3.59. The highest BCUT2D eigenvalue weighted by Crippen LogP contribution is 2.37. The molecule has 0 aliphatic carbocycles. The first-order valence-electron chi connectivity index (χ1n) is 9.98. The number of nitrogens with zero attached hydrogens (tertiary/aromatic N) is 4. The maximum Gasteiger partial charge on any atom is 0.455 e. The lowest BCUT2D eigenvalue weighted by molar-refractivity contribution is -0.596. The van der Waals surface area contributed by atoms with E-state index >= 15 is 0 Å². The highest BCUT2D eigenvalue weighted by Gasteiger charge is 2.57. The molecule has 0 unspecified atom stereocenters. The summed E-state index contributed by atoms with van der Waals surface area (Å²) in [5, 5.41) is 22.5. The Morgan fingerprint density at radius 1 is 1.21 bits per heavy atom. The normalized spacial score (nSPS) is 12.7. The van der Waals surface area contributed by atoms with Gasteiger partial charge < -0.3 is 9.77 Å². The van der Waals surface area contributed by atoms with Gasteiger partial charge >= 0.3 is 12.1 Å². The lowest BCUT2D eigenvalue weighted by Gasteiger charge is -2.21. The molecule has 0 N–H and O–H groups in total. The average molecular weight is 498 g/mol. The van der Waals surface area contributed by atoms with Gasteiger partial charge in [0.1, 0.15) is 5.69 Å². The van der Waals surface area contributed by atoms with E-state index in [-0.39, 0.29) is 22.3 Å². The second kappa shape index (κ2) is 8.87. The van der Waals surface area contributed by atoms with Crippen molar-refractivity contribution in [2.45, 2.75) is 49.7 Å². The largest absolute Gasteiger partial charge is 0.618 e. The molecular weight excluding hydrogens is 479 g/mol. The van der Waals surface area contributed by atoms with Crippen LogP contribution >= 0.6 is 11.8 Å². The number of hydrogen-bond acceptors (Lipinski definition) is 5. The van der Waals surface area contributed by atoms with E-state index in [9.17, 15) is 37.2 Å². The number of aromatic nitrogens is 3. The Kier molecular flexibility index (Phi) is 6.63. The van der Waals surface area contributed by atoms with Gasteiger partial charge in [0.2, 0.25) is 0 Å². The van der Waals surface area contributed by atoms with E-state index in [1.807, 2.05) is 6.92 Å². The van der Waals surface area contributed by atoms with Crippen LogP contribution in [0, 0.1) is 16.5 Å². The van der Waals surface area contributed by atoms with Gasteiger partial charge in [0, 0.05) is 17.0 Å². The minimum atomic E-state index is -5.83. The third kappa shape index (κ3) is 4.70. The van der Waals surface area contributed by atoms with Crippen LogP contribution in [0.5, 0.6) is 0 Å². The Balaban J connectivity index is 2.19. The third-order valence-electron chi connectivity index (χ3n) is 5.19.